The van der Waals surface area contributed by atoms with E-state index in [0.717, 1.165) is 21.5 Å². The summed E-state index contributed by atoms with van der Waals surface area (Å²) in [5.74, 6) is -0.137. The third kappa shape index (κ3) is 4.10. The normalized spacial score (nSPS) is 11.4. The molecule has 4 aromatic rings. The minimum Gasteiger partial charge on any atom is -0.286 e. The van der Waals surface area contributed by atoms with Crippen LogP contribution in [0.3, 0.4) is 0 Å². The molecule has 4 nitrogen and oxygen atoms in total. The van der Waals surface area contributed by atoms with Gasteiger partial charge in [-0.25, -0.2) is 0 Å². The number of Topliss-reactive ketones (excluding diaryl/α,β-unsaturated/α-hetero) is 1. The fraction of sp³-hybridized carbons (Fsp3) is 0. The Kier molecular flexibility index (Phi) is 5.45. The number of benzene rings is 3. The monoisotopic (exact) mass is 383 g/mol. The van der Waals surface area contributed by atoms with Gasteiger partial charge in [0.1, 0.15) is 0 Å². The Labute approximate surface area is 167 Å². The smallest absolute Gasteiger partial charge is 0.220 e. The van der Waals surface area contributed by atoms with Crippen molar-refractivity contribution in [2.45, 2.75) is 4.90 Å². The van der Waals surface area contributed by atoms with Gasteiger partial charge >= 0.3 is 0 Å². The van der Waals surface area contributed by atoms with Crippen molar-refractivity contribution in [3.8, 4) is 0 Å². The van der Waals surface area contributed by atoms with Gasteiger partial charge in [-0.1, -0.05) is 78.5 Å². The number of carbonyl (C=O) groups excluding carboxylic acids is 1. The van der Waals surface area contributed by atoms with Crippen LogP contribution in [0.15, 0.2) is 107 Å². The molecule has 0 aliphatic carbocycles. The molecule has 3 aromatic carbocycles. The fourth-order valence-corrected chi connectivity index (χ4v) is 3.65. The van der Waals surface area contributed by atoms with Crippen molar-refractivity contribution in [1.29, 1.82) is 0 Å². The van der Waals surface area contributed by atoms with Crippen molar-refractivity contribution in [2.24, 2.45) is 5.10 Å². The Balaban J connectivity index is 1.71. The van der Waals surface area contributed by atoms with E-state index in [2.05, 4.69) is 15.5 Å². The van der Waals surface area contributed by atoms with E-state index in [9.17, 15) is 4.79 Å². The molecular weight excluding hydrogens is 366 g/mol. The topological polar surface area (TPSA) is 54.4 Å². The predicted molar refractivity (Wildman–Crippen MR) is 116 cm³/mol. The maximum Gasteiger partial charge on any atom is 0.220 e. The van der Waals surface area contributed by atoms with Crippen molar-refractivity contribution in [3.63, 3.8) is 0 Å². The first-order valence-corrected chi connectivity index (χ1v) is 9.63. The number of rotatable bonds is 5. The molecule has 1 N–H and O–H groups in total. The van der Waals surface area contributed by atoms with Crippen LogP contribution in [0.4, 0.5) is 5.69 Å². The van der Waals surface area contributed by atoms with Crippen LogP contribution in [0.5, 0.6) is 0 Å². The Morgan fingerprint density at radius 1 is 0.821 bits per heavy atom. The average Bonchev–Trinajstić information content (AvgIpc) is 2.77. The van der Waals surface area contributed by atoms with Gasteiger partial charge in [-0.15, -0.1) is 0 Å². The van der Waals surface area contributed by atoms with Gasteiger partial charge in [-0.3, -0.25) is 15.2 Å². The molecule has 0 radical (unpaired) electrons. The van der Waals surface area contributed by atoms with Crippen LogP contribution in [-0.4, -0.2) is 15.8 Å². The first-order valence-electron chi connectivity index (χ1n) is 8.81. The summed E-state index contributed by atoms with van der Waals surface area (Å²) in [4.78, 5) is 18.5. The van der Waals surface area contributed by atoms with Crippen LogP contribution in [0, 0.1) is 0 Å². The molecule has 28 heavy (non-hydrogen) atoms. The number of nitrogens with zero attached hydrogens (tertiary/aromatic N) is 2. The summed E-state index contributed by atoms with van der Waals surface area (Å²) in [7, 11) is 0. The minimum absolute atomic E-state index is 0.137. The van der Waals surface area contributed by atoms with Crippen LogP contribution < -0.4 is 5.43 Å². The number of hydrazone groups is 1. The van der Waals surface area contributed by atoms with E-state index in [0.29, 0.717) is 10.6 Å². The van der Waals surface area contributed by atoms with Crippen molar-refractivity contribution in [1.82, 2.24) is 4.98 Å². The van der Waals surface area contributed by atoms with Gasteiger partial charge in [0.05, 0.1) is 11.2 Å². The Morgan fingerprint density at radius 2 is 1.54 bits per heavy atom. The molecule has 0 saturated carbocycles. The third-order valence-corrected chi connectivity index (χ3v) is 5.11. The van der Waals surface area contributed by atoms with Gasteiger partial charge < -0.3 is 0 Å². The summed E-state index contributed by atoms with van der Waals surface area (Å²) < 4.78 is 0. The molecule has 0 bridgehead atoms. The number of fused-ring (bicyclic) bond motifs is 1. The number of thioether (sulfide) groups is 1. The molecular formula is C23H17N3OS. The van der Waals surface area contributed by atoms with Crippen molar-refractivity contribution in [3.05, 3.63) is 103 Å². The second kappa shape index (κ2) is 8.50. The van der Waals surface area contributed by atoms with Crippen LogP contribution in [0.25, 0.3) is 10.9 Å². The van der Waals surface area contributed by atoms with Crippen LogP contribution in [-0.2, 0) is 0 Å². The molecule has 1 aromatic heterocycles. The second-order valence-electron chi connectivity index (χ2n) is 6.02. The van der Waals surface area contributed by atoms with Gasteiger partial charge in [0.15, 0.2) is 5.04 Å². The summed E-state index contributed by atoms with van der Waals surface area (Å²) in [6.07, 6.45) is 1.75. The molecule has 0 aliphatic rings. The molecule has 0 spiro atoms. The van der Waals surface area contributed by atoms with Crippen LogP contribution in [0.2, 0.25) is 0 Å². The quantitative estimate of drug-likeness (QED) is 0.159. The first kappa shape index (κ1) is 17.9. The summed E-state index contributed by atoms with van der Waals surface area (Å²) in [5.41, 5.74) is 5.25. The summed E-state index contributed by atoms with van der Waals surface area (Å²) in [5, 5.41) is 5.80. The summed E-state index contributed by atoms with van der Waals surface area (Å²) in [6.45, 7) is 0. The Bertz CT molecular complexity index is 1120. The number of aromatic nitrogens is 1. The lowest BCUT2D eigenvalue weighted by atomic mass is 10.1. The molecule has 0 saturated heterocycles. The van der Waals surface area contributed by atoms with E-state index in [1.165, 1.54) is 11.8 Å². The molecule has 1 heterocycles. The van der Waals surface area contributed by atoms with E-state index in [1.807, 2.05) is 78.9 Å². The highest BCUT2D eigenvalue weighted by Gasteiger charge is 2.17. The SMILES string of the molecule is O=C(/C(=N\Nc1ccccc1)Sc1cccc2cccnc12)c1ccccc1. The van der Waals surface area contributed by atoms with E-state index >= 15 is 0 Å². The van der Waals surface area contributed by atoms with Crippen LogP contribution >= 0.6 is 11.8 Å². The van der Waals surface area contributed by atoms with E-state index in [1.54, 1.807) is 18.3 Å². The fourth-order valence-electron chi connectivity index (χ4n) is 2.72. The summed E-state index contributed by atoms with van der Waals surface area (Å²) >= 11 is 1.32. The van der Waals surface area contributed by atoms with Gasteiger partial charge in [-0.2, -0.15) is 5.10 Å². The highest BCUT2D eigenvalue weighted by molar-refractivity contribution is 8.16. The molecule has 0 atom stereocenters. The van der Waals surface area contributed by atoms with Gasteiger partial charge in [0.25, 0.3) is 0 Å². The third-order valence-electron chi connectivity index (χ3n) is 4.09. The lowest BCUT2D eigenvalue weighted by Crippen LogP contribution is -2.13. The second-order valence-corrected chi connectivity index (χ2v) is 7.05. The van der Waals surface area contributed by atoms with Gasteiger partial charge in [-0.05, 0) is 24.3 Å². The zero-order chi connectivity index (χ0) is 19.2. The van der Waals surface area contributed by atoms with Crippen molar-refractivity contribution < 1.29 is 4.79 Å². The number of ketones is 1. The number of hydrogen-bond donors (Lipinski definition) is 1. The Morgan fingerprint density at radius 3 is 2.32 bits per heavy atom. The number of pyridine rings is 1. The molecule has 0 amide bonds. The van der Waals surface area contributed by atoms with Crippen molar-refractivity contribution >= 4 is 39.2 Å². The van der Waals surface area contributed by atoms with E-state index in [-0.39, 0.29) is 5.78 Å². The molecule has 0 unspecified atom stereocenters. The Hall–Kier alpha value is -3.44. The molecule has 4 rings (SSSR count). The summed E-state index contributed by atoms with van der Waals surface area (Å²) in [6, 6.07) is 28.6. The molecule has 0 aliphatic heterocycles. The lowest BCUT2D eigenvalue weighted by molar-refractivity contribution is 0.106. The zero-order valence-corrected chi connectivity index (χ0v) is 15.8. The highest BCUT2D eigenvalue weighted by Crippen LogP contribution is 2.28. The van der Waals surface area contributed by atoms with Gasteiger partial charge in [0.2, 0.25) is 5.78 Å². The number of nitrogens with one attached hydrogen (secondary N) is 1. The average molecular weight is 383 g/mol. The molecule has 0 fully saturated rings. The molecule has 136 valence electrons. The van der Waals surface area contributed by atoms with E-state index in [4.69, 9.17) is 0 Å². The maximum absolute atomic E-state index is 13.1. The van der Waals surface area contributed by atoms with Crippen molar-refractivity contribution in [2.75, 3.05) is 5.43 Å². The number of anilines is 1. The molecule has 5 heteroatoms. The first-order chi connectivity index (χ1) is 13.8. The van der Waals surface area contributed by atoms with E-state index < -0.39 is 0 Å². The number of carbonyl (C=O) groups is 1. The largest absolute Gasteiger partial charge is 0.286 e. The number of hydrogen-bond acceptors (Lipinski definition) is 5. The van der Waals surface area contributed by atoms with Crippen LogP contribution in [0.1, 0.15) is 10.4 Å². The predicted octanol–water partition coefficient (Wildman–Crippen LogP) is 5.64. The maximum atomic E-state index is 13.1. The van der Waals surface area contributed by atoms with Gasteiger partial charge in [0, 0.05) is 22.0 Å². The zero-order valence-electron chi connectivity index (χ0n) is 14.9. The lowest BCUT2D eigenvalue weighted by Gasteiger charge is -2.09. The standard InChI is InChI=1S/C23H17N3OS/c27-22(18-9-3-1-4-10-18)23(26-25-19-13-5-2-6-14-19)28-20-15-7-11-17-12-8-16-24-21(17)20/h1-16,25H/b26-23+. The highest BCUT2D eigenvalue weighted by atomic mass is 32.2. The minimum atomic E-state index is -0.137. The number of para-hydroxylation sites is 2.